The molecule has 0 N–H and O–H groups in total. The fraction of sp³-hybridized carbons (Fsp3) is 1.00. The Kier molecular flexibility index (Phi) is 6.90. The Balaban J connectivity index is 0. The number of alkyl halides is 1. The van der Waals surface area contributed by atoms with E-state index < -0.39 is 16.2 Å². The molecule has 0 aromatic carbocycles. The molecule has 0 aromatic heterocycles. The Morgan fingerprint density at radius 3 is 1.11 bits per heavy atom. The Morgan fingerprint density at radius 1 is 0.833 bits per heavy atom. The summed E-state index contributed by atoms with van der Waals surface area (Å²) in [7, 11) is -1.03. The minimum atomic E-state index is -10.7. The zero-order chi connectivity index (χ0) is 15.4. The standard InChI is InChI=1S/C6H17ClN3P.F6P/c1-8(2)11(9(3)4)10(5)6-7;1-7(2,3,4,5)6/h6H2,1-5H3;/q;-1/p+1. The van der Waals surface area contributed by atoms with Crippen molar-refractivity contribution in [2.24, 2.45) is 0 Å². The Morgan fingerprint density at radius 2 is 1.06 bits per heavy atom. The van der Waals surface area contributed by atoms with Crippen LogP contribution in [-0.2, 0) is 0 Å². The molecule has 0 aliphatic carbocycles. The number of nitrogens with zero attached hydrogens (tertiary/aromatic N) is 3. The van der Waals surface area contributed by atoms with Crippen molar-refractivity contribution in [3.05, 3.63) is 0 Å². The van der Waals surface area contributed by atoms with Crippen LogP contribution in [0.2, 0.25) is 0 Å². The molecule has 0 amide bonds. The maximum absolute atomic E-state index is 10.7. The van der Waals surface area contributed by atoms with Gasteiger partial charge in [-0.1, -0.05) is 0 Å². The monoisotopic (exact) mass is 343 g/mol. The molecule has 0 spiro atoms. The predicted octanol–water partition coefficient (Wildman–Crippen LogP) is 4.58. The van der Waals surface area contributed by atoms with E-state index in [9.17, 15) is 25.2 Å². The molecule has 0 heterocycles. The number of hydrogen-bond acceptors (Lipinski definition) is 3. The van der Waals surface area contributed by atoms with Crippen molar-refractivity contribution in [2.45, 2.75) is 0 Å². The van der Waals surface area contributed by atoms with E-state index in [4.69, 9.17) is 11.6 Å². The number of hydrogen-bond donors (Lipinski definition) is 0. The van der Waals surface area contributed by atoms with Crippen LogP contribution in [0.15, 0.2) is 0 Å². The van der Waals surface area contributed by atoms with Gasteiger partial charge in [0.05, 0.1) is 0 Å². The minimum absolute atomic E-state index is 0.588. The van der Waals surface area contributed by atoms with Gasteiger partial charge in [0.15, 0.2) is 0 Å². The normalized spacial score (nSPS) is 16.7. The van der Waals surface area contributed by atoms with Gasteiger partial charge in [-0.3, -0.25) is 0 Å². The molecule has 3 nitrogen and oxygen atoms in total. The first-order valence-corrected chi connectivity index (χ1v) is 8.41. The average Bonchev–Trinajstić information content (AvgIpc) is 1.96. The van der Waals surface area contributed by atoms with Gasteiger partial charge in [-0.15, -0.1) is 16.3 Å². The Bertz CT molecular complexity index is 236. The molecule has 0 aliphatic rings. The van der Waals surface area contributed by atoms with Crippen molar-refractivity contribution in [3.8, 4) is 0 Å². The molecule has 0 unspecified atom stereocenters. The van der Waals surface area contributed by atoms with Gasteiger partial charge in [-0.2, -0.15) is 9.34 Å². The van der Waals surface area contributed by atoms with Crippen molar-refractivity contribution < 1.29 is 25.2 Å². The van der Waals surface area contributed by atoms with Crippen LogP contribution in [0.3, 0.4) is 0 Å². The van der Waals surface area contributed by atoms with Crippen molar-refractivity contribution >= 4 is 27.8 Å². The summed E-state index contributed by atoms with van der Waals surface area (Å²) in [5.41, 5.74) is 0. The molecular formula is C6H18ClF6N3P2. The van der Waals surface area contributed by atoms with Gasteiger partial charge in [0.2, 0.25) is 8.37 Å². The van der Waals surface area contributed by atoms with Crippen LogP contribution < -0.4 is 0 Å². The average molecular weight is 344 g/mol. The number of rotatable bonds is 4. The summed E-state index contributed by atoms with van der Waals surface area (Å²) in [5.74, 6) is 0. The molecule has 0 saturated heterocycles. The van der Waals surface area contributed by atoms with Crippen molar-refractivity contribution in [1.82, 2.24) is 14.0 Å². The summed E-state index contributed by atoms with van der Waals surface area (Å²) in [5, 5.41) is 0. The molecule has 0 aromatic rings. The van der Waals surface area contributed by atoms with Gasteiger partial charge in [0.1, 0.15) is 6.00 Å². The molecule has 18 heavy (non-hydrogen) atoms. The van der Waals surface area contributed by atoms with E-state index in [1.54, 1.807) is 0 Å². The molecule has 116 valence electrons. The van der Waals surface area contributed by atoms with E-state index in [0.29, 0.717) is 6.00 Å². The molecule has 0 fully saturated rings. The molecule has 0 radical (unpaired) electrons. The fourth-order valence-electron chi connectivity index (χ4n) is 1.14. The molecular weight excluding hydrogens is 325 g/mol. The van der Waals surface area contributed by atoms with Crippen LogP contribution in [0, 0.1) is 0 Å². The zero-order valence-electron chi connectivity index (χ0n) is 10.6. The van der Waals surface area contributed by atoms with E-state index >= 15 is 0 Å². The zero-order valence-corrected chi connectivity index (χ0v) is 13.3. The first kappa shape index (κ1) is 20.9. The Labute approximate surface area is 109 Å². The van der Waals surface area contributed by atoms with Gasteiger partial charge in [0, 0.05) is 35.2 Å². The summed E-state index contributed by atoms with van der Waals surface area (Å²) in [4.78, 5) is 0. The molecule has 12 heteroatoms. The molecule has 0 aliphatic heterocycles. The molecule has 0 atom stereocenters. The second-order valence-electron chi connectivity index (χ2n) is 3.86. The molecule has 0 rings (SSSR count). The number of halogens is 7. The van der Waals surface area contributed by atoms with Crippen molar-refractivity contribution in [1.29, 1.82) is 0 Å². The van der Waals surface area contributed by atoms with Crippen LogP contribution in [0.5, 0.6) is 0 Å². The third kappa shape index (κ3) is 19.0. The van der Waals surface area contributed by atoms with Crippen LogP contribution in [-0.4, -0.2) is 55.3 Å². The quantitative estimate of drug-likeness (QED) is 0.320. The summed E-state index contributed by atoms with van der Waals surface area (Å²) in [6, 6.07) is 0.588. The third-order valence-electron chi connectivity index (χ3n) is 1.32. The fourth-order valence-corrected chi connectivity index (χ4v) is 3.73. The predicted molar refractivity (Wildman–Crippen MR) is 67.7 cm³/mol. The van der Waals surface area contributed by atoms with E-state index in [0.717, 1.165) is 0 Å². The summed E-state index contributed by atoms with van der Waals surface area (Å²) < 4.78 is 65.8. The van der Waals surface area contributed by atoms with Gasteiger partial charge < -0.3 is 0 Å². The summed E-state index contributed by atoms with van der Waals surface area (Å²) in [6.07, 6.45) is 0. The topological polar surface area (TPSA) is 9.72 Å². The SMILES string of the molecule is CN(C)[PH+](N(C)C)N(C)CCl.F[P-](F)(F)(F)(F)F. The van der Waals surface area contributed by atoms with E-state index in [1.807, 2.05) is 7.05 Å². The van der Waals surface area contributed by atoms with Crippen LogP contribution in [0.4, 0.5) is 25.2 Å². The van der Waals surface area contributed by atoms with Crippen LogP contribution >= 0.6 is 27.8 Å². The van der Waals surface area contributed by atoms with Crippen LogP contribution in [0.25, 0.3) is 0 Å². The van der Waals surface area contributed by atoms with E-state index in [-0.39, 0.29) is 0 Å². The van der Waals surface area contributed by atoms with Crippen molar-refractivity contribution in [3.63, 3.8) is 0 Å². The van der Waals surface area contributed by atoms with E-state index in [1.165, 1.54) is 0 Å². The first-order chi connectivity index (χ1) is 7.45. The van der Waals surface area contributed by atoms with Gasteiger partial charge in [-0.05, 0) is 0 Å². The van der Waals surface area contributed by atoms with Crippen molar-refractivity contribution in [2.75, 3.05) is 41.2 Å². The van der Waals surface area contributed by atoms with Crippen LogP contribution in [0.1, 0.15) is 0 Å². The van der Waals surface area contributed by atoms with Gasteiger partial charge >= 0.3 is 33.0 Å². The first-order valence-electron chi connectivity index (χ1n) is 4.50. The Hall–Kier alpha value is 0.610. The second kappa shape index (κ2) is 5.94. The third-order valence-corrected chi connectivity index (χ3v) is 4.32. The maximum atomic E-state index is 9.87. The summed E-state index contributed by atoms with van der Waals surface area (Å²) in [6.45, 7) is 0. The molecule has 0 bridgehead atoms. The summed E-state index contributed by atoms with van der Waals surface area (Å²) >= 11 is 5.73. The molecule has 0 saturated carbocycles. The van der Waals surface area contributed by atoms with Gasteiger partial charge in [-0.25, -0.2) is 0 Å². The second-order valence-corrected chi connectivity index (χ2v) is 9.17. The van der Waals surface area contributed by atoms with Gasteiger partial charge in [0.25, 0.3) is 0 Å². The van der Waals surface area contributed by atoms with E-state index in [2.05, 4.69) is 42.2 Å².